The van der Waals surface area contributed by atoms with Crippen molar-refractivity contribution in [3.05, 3.63) is 29.8 Å². The number of alkyl halides is 1. The summed E-state index contributed by atoms with van der Waals surface area (Å²) in [6, 6.07) is 7.01. The molecular weight excluding hydrogens is 284 g/mol. The number of nitrogens with zero attached hydrogens (tertiary/aromatic N) is 2. The quantitative estimate of drug-likeness (QED) is 0.746. The minimum absolute atomic E-state index is 0.318. The maximum Gasteiger partial charge on any atom is 0.285 e. The van der Waals surface area contributed by atoms with Crippen molar-refractivity contribution in [2.75, 3.05) is 19.0 Å². The van der Waals surface area contributed by atoms with Gasteiger partial charge in [-0.25, -0.2) is 0 Å². The minimum atomic E-state index is -3.51. The lowest BCUT2D eigenvalue weighted by Crippen LogP contribution is -2.40. The van der Waals surface area contributed by atoms with Gasteiger partial charge in [-0.3, -0.25) is 0 Å². The molecule has 1 saturated heterocycles. The second-order valence-corrected chi connectivity index (χ2v) is 6.88. The van der Waals surface area contributed by atoms with Crippen molar-refractivity contribution in [3.8, 4) is 0 Å². The van der Waals surface area contributed by atoms with Crippen LogP contribution in [0.2, 0.25) is 0 Å². The van der Waals surface area contributed by atoms with E-state index < -0.39 is 10.0 Å². The lowest BCUT2D eigenvalue weighted by Gasteiger charge is -2.33. The van der Waals surface area contributed by atoms with E-state index in [4.69, 9.17) is 11.6 Å². The van der Waals surface area contributed by atoms with Crippen LogP contribution in [-0.2, 0) is 10.0 Å². The van der Waals surface area contributed by atoms with E-state index in [1.54, 1.807) is 12.1 Å². The zero-order valence-corrected chi connectivity index (χ0v) is 12.0. The second kappa shape index (κ2) is 4.80. The summed E-state index contributed by atoms with van der Waals surface area (Å²) in [5.41, 5.74) is 0.720. The highest BCUT2D eigenvalue weighted by Crippen LogP contribution is 2.29. The van der Waals surface area contributed by atoms with Crippen molar-refractivity contribution in [3.63, 3.8) is 0 Å². The second-order valence-electron chi connectivity index (χ2n) is 4.99. The smallest absolute Gasteiger partial charge is 0.285 e. The summed E-state index contributed by atoms with van der Waals surface area (Å²) in [5, 5.41) is 0. The molecule has 6 heteroatoms. The van der Waals surface area contributed by atoms with Gasteiger partial charge >= 0.3 is 0 Å². The van der Waals surface area contributed by atoms with Crippen molar-refractivity contribution in [2.24, 2.45) is 10.3 Å². The van der Waals surface area contributed by atoms with E-state index in [0.717, 1.165) is 31.5 Å². The van der Waals surface area contributed by atoms with Gasteiger partial charge in [0.15, 0.2) is 5.84 Å². The third kappa shape index (κ3) is 2.25. The summed E-state index contributed by atoms with van der Waals surface area (Å²) in [5.74, 6) is 1.61. The molecule has 4 nitrogen and oxygen atoms in total. The maximum absolute atomic E-state index is 12.0. The van der Waals surface area contributed by atoms with E-state index in [-0.39, 0.29) is 0 Å². The average Bonchev–Trinajstić information content (AvgIpc) is 2.72. The molecule has 1 fully saturated rings. The van der Waals surface area contributed by atoms with Gasteiger partial charge in [-0.1, -0.05) is 12.1 Å². The maximum atomic E-state index is 12.0. The molecule has 0 N–H and O–H groups in total. The molecule has 1 atom stereocenters. The third-order valence-corrected chi connectivity index (χ3v) is 5.41. The minimum Gasteiger partial charge on any atom is -0.355 e. The van der Waals surface area contributed by atoms with Gasteiger partial charge < -0.3 is 4.90 Å². The zero-order chi connectivity index (χ0) is 13.5. The Hall–Kier alpha value is -1.07. The molecule has 3 rings (SSSR count). The SMILES string of the molecule is O=S1(=O)N=C(N2CCCC(CCl)C2)c2ccccc21. The van der Waals surface area contributed by atoms with Crippen LogP contribution in [-0.4, -0.2) is 38.1 Å². The van der Waals surface area contributed by atoms with Gasteiger partial charge in [0.25, 0.3) is 10.0 Å². The molecule has 0 aromatic heterocycles. The van der Waals surface area contributed by atoms with Gasteiger partial charge in [-0.05, 0) is 30.9 Å². The third-order valence-electron chi connectivity index (χ3n) is 3.65. The highest BCUT2D eigenvalue weighted by molar-refractivity contribution is 7.90. The molecule has 0 spiro atoms. The van der Waals surface area contributed by atoms with E-state index in [2.05, 4.69) is 9.30 Å². The summed E-state index contributed by atoms with van der Waals surface area (Å²) in [4.78, 5) is 2.37. The Labute approximate surface area is 118 Å². The number of sulfonamides is 1. The van der Waals surface area contributed by atoms with Crippen LogP contribution < -0.4 is 0 Å². The molecule has 0 radical (unpaired) electrons. The fraction of sp³-hybridized carbons (Fsp3) is 0.462. The number of fused-ring (bicyclic) bond motifs is 1. The molecule has 2 aliphatic rings. The highest BCUT2D eigenvalue weighted by atomic mass is 35.5. The number of likely N-dealkylation sites (tertiary alicyclic amines) is 1. The van der Waals surface area contributed by atoms with Crippen LogP contribution in [0.25, 0.3) is 0 Å². The average molecular weight is 299 g/mol. The normalized spacial score (nSPS) is 25.0. The van der Waals surface area contributed by atoms with Gasteiger partial charge in [-0.2, -0.15) is 8.42 Å². The molecule has 2 aliphatic heterocycles. The monoisotopic (exact) mass is 298 g/mol. The van der Waals surface area contributed by atoms with Crippen LogP contribution in [0.5, 0.6) is 0 Å². The first-order chi connectivity index (χ1) is 9.12. The molecule has 0 aliphatic carbocycles. The molecule has 1 aromatic rings. The Morgan fingerprint density at radius 2 is 2.16 bits per heavy atom. The van der Waals surface area contributed by atoms with Crippen LogP contribution in [0.4, 0.5) is 0 Å². The molecule has 102 valence electrons. The topological polar surface area (TPSA) is 49.7 Å². The highest BCUT2D eigenvalue weighted by Gasteiger charge is 2.33. The summed E-state index contributed by atoms with van der Waals surface area (Å²) < 4.78 is 28.0. The van der Waals surface area contributed by atoms with E-state index in [0.29, 0.717) is 22.5 Å². The molecule has 0 saturated carbocycles. The van der Waals surface area contributed by atoms with Gasteiger partial charge in [0, 0.05) is 24.5 Å². The van der Waals surface area contributed by atoms with Crippen molar-refractivity contribution >= 4 is 27.5 Å². The fourth-order valence-corrected chi connectivity index (χ4v) is 4.18. The Morgan fingerprint density at radius 3 is 2.95 bits per heavy atom. The first-order valence-corrected chi connectivity index (χ1v) is 8.34. The van der Waals surface area contributed by atoms with Crippen LogP contribution in [0, 0.1) is 5.92 Å². The molecule has 1 unspecified atom stereocenters. The summed E-state index contributed by atoms with van der Waals surface area (Å²) in [6.07, 6.45) is 2.13. The fourth-order valence-electron chi connectivity index (χ4n) is 2.70. The number of amidine groups is 1. The number of benzene rings is 1. The lowest BCUT2D eigenvalue weighted by molar-refractivity contribution is 0.276. The number of hydrogen-bond donors (Lipinski definition) is 0. The van der Waals surface area contributed by atoms with Gasteiger partial charge in [0.1, 0.15) is 4.90 Å². The molecule has 0 amide bonds. The van der Waals surface area contributed by atoms with Crippen molar-refractivity contribution in [1.29, 1.82) is 0 Å². The molecule has 0 bridgehead atoms. The van der Waals surface area contributed by atoms with E-state index in [1.807, 2.05) is 12.1 Å². The van der Waals surface area contributed by atoms with Gasteiger partial charge in [0.2, 0.25) is 0 Å². The largest absolute Gasteiger partial charge is 0.355 e. The van der Waals surface area contributed by atoms with Crippen LogP contribution >= 0.6 is 11.6 Å². The number of hydrogen-bond acceptors (Lipinski definition) is 3. The van der Waals surface area contributed by atoms with Crippen LogP contribution in [0.3, 0.4) is 0 Å². The first-order valence-electron chi connectivity index (χ1n) is 6.37. The standard InChI is InChI=1S/C13H15ClN2O2S/c14-8-10-4-3-7-16(9-10)13-11-5-1-2-6-12(11)19(17,18)15-13/h1-2,5-6,10H,3-4,7-9H2. The predicted octanol–water partition coefficient (Wildman–Crippen LogP) is 2.09. The number of halogens is 1. The Bertz CT molecular complexity index is 627. The van der Waals surface area contributed by atoms with E-state index >= 15 is 0 Å². The van der Waals surface area contributed by atoms with Crippen LogP contribution in [0.15, 0.2) is 33.6 Å². The Kier molecular flexibility index (Phi) is 3.27. The van der Waals surface area contributed by atoms with Crippen molar-refractivity contribution in [1.82, 2.24) is 4.90 Å². The summed E-state index contributed by atoms with van der Waals surface area (Å²) in [6.45, 7) is 1.63. The number of rotatable bonds is 1. The van der Waals surface area contributed by atoms with Crippen molar-refractivity contribution in [2.45, 2.75) is 17.7 Å². The van der Waals surface area contributed by atoms with Gasteiger partial charge in [-0.15, -0.1) is 16.0 Å². The molecule has 19 heavy (non-hydrogen) atoms. The first kappa shape index (κ1) is 12.9. The zero-order valence-electron chi connectivity index (χ0n) is 10.4. The van der Waals surface area contributed by atoms with E-state index in [9.17, 15) is 8.42 Å². The van der Waals surface area contributed by atoms with Crippen molar-refractivity contribution < 1.29 is 8.42 Å². The molecule has 1 aromatic carbocycles. The Balaban J connectivity index is 1.98. The molecular formula is C13H15ClN2O2S. The lowest BCUT2D eigenvalue weighted by atomic mass is 9.99. The molecule has 2 heterocycles. The van der Waals surface area contributed by atoms with E-state index in [1.165, 1.54) is 0 Å². The van der Waals surface area contributed by atoms with Crippen LogP contribution in [0.1, 0.15) is 18.4 Å². The number of piperidine rings is 1. The summed E-state index contributed by atoms with van der Waals surface area (Å²) >= 11 is 5.92. The predicted molar refractivity (Wildman–Crippen MR) is 75.2 cm³/mol. The Morgan fingerprint density at radius 1 is 1.37 bits per heavy atom. The summed E-state index contributed by atoms with van der Waals surface area (Å²) in [7, 11) is -3.51. The van der Waals surface area contributed by atoms with Gasteiger partial charge in [0.05, 0.1) is 0 Å².